The van der Waals surface area contributed by atoms with E-state index in [-0.39, 0.29) is 0 Å². The first-order valence-electron chi connectivity index (χ1n) is 4.86. The fourth-order valence-electron chi connectivity index (χ4n) is 1.26. The van der Waals surface area contributed by atoms with Gasteiger partial charge in [0.2, 0.25) is 0 Å². The molecule has 0 spiro atoms. The molecule has 1 rings (SSSR count). The molecule has 6 heteroatoms. The van der Waals surface area contributed by atoms with Crippen molar-refractivity contribution >= 4 is 17.7 Å². The van der Waals surface area contributed by atoms with E-state index >= 15 is 0 Å². The van der Waals surface area contributed by atoms with Gasteiger partial charge in [-0.2, -0.15) is 0 Å². The number of esters is 1. The molecule has 6 nitrogen and oxygen atoms in total. The number of carbonyl (C=O) groups excluding carboxylic acids is 2. The molecule has 0 saturated carbocycles. The molecule has 3 N–H and O–H groups in total. The summed E-state index contributed by atoms with van der Waals surface area (Å²) in [4.78, 5) is 22.6. The summed E-state index contributed by atoms with van der Waals surface area (Å²) in [5, 5.41) is 2.38. The molecule has 0 radical (unpaired) electrons. The van der Waals surface area contributed by atoms with Gasteiger partial charge >= 0.3 is 12.1 Å². The van der Waals surface area contributed by atoms with Gasteiger partial charge in [0.25, 0.3) is 0 Å². The van der Waals surface area contributed by atoms with Crippen molar-refractivity contribution in [1.29, 1.82) is 0 Å². The Balaban J connectivity index is 2.93. The van der Waals surface area contributed by atoms with Crippen LogP contribution in [0.4, 0.5) is 10.5 Å². The molecule has 92 valence electrons. The Bertz CT molecular complexity index is 402. The Hall–Kier alpha value is -2.24. The van der Waals surface area contributed by atoms with Crippen LogP contribution >= 0.6 is 0 Å². The van der Waals surface area contributed by atoms with Crippen molar-refractivity contribution in [3.63, 3.8) is 0 Å². The van der Waals surface area contributed by atoms with Crippen LogP contribution in [0.1, 0.15) is 11.6 Å². The first-order chi connectivity index (χ1) is 8.08. The average Bonchev–Trinajstić information content (AvgIpc) is 2.36. The highest BCUT2D eigenvalue weighted by atomic mass is 16.5. The molecule has 1 aromatic rings. The van der Waals surface area contributed by atoms with Crippen molar-refractivity contribution in [2.24, 2.45) is 0 Å². The Morgan fingerprint density at radius 3 is 2.24 bits per heavy atom. The normalized spacial score (nSPS) is 11.4. The van der Waals surface area contributed by atoms with Crippen LogP contribution in [0.25, 0.3) is 0 Å². The van der Waals surface area contributed by atoms with E-state index in [1.54, 1.807) is 24.3 Å². The molecule has 0 heterocycles. The lowest BCUT2D eigenvalue weighted by Gasteiger charge is -2.16. The number of methoxy groups -OCH3 is 2. The zero-order valence-corrected chi connectivity index (χ0v) is 9.60. The second-order valence-electron chi connectivity index (χ2n) is 3.26. The van der Waals surface area contributed by atoms with Crippen LogP contribution in [0.15, 0.2) is 24.3 Å². The van der Waals surface area contributed by atoms with E-state index in [0.29, 0.717) is 11.3 Å². The van der Waals surface area contributed by atoms with Crippen LogP contribution in [0.5, 0.6) is 0 Å². The minimum Gasteiger partial charge on any atom is -0.467 e. The third-order valence-corrected chi connectivity index (χ3v) is 2.15. The minimum absolute atomic E-state index is 0.565. The van der Waals surface area contributed by atoms with Crippen LogP contribution in [0.2, 0.25) is 0 Å². The van der Waals surface area contributed by atoms with Gasteiger partial charge in [0, 0.05) is 5.69 Å². The Kier molecular flexibility index (Phi) is 4.33. The zero-order chi connectivity index (χ0) is 12.8. The number of anilines is 1. The number of hydrogen-bond donors (Lipinski definition) is 2. The molecule has 0 aliphatic heterocycles. The maximum atomic E-state index is 11.5. The predicted octanol–water partition coefficient (Wildman–Crippen LogP) is 0.839. The van der Waals surface area contributed by atoms with E-state index in [2.05, 4.69) is 14.8 Å². The van der Waals surface area contributed by atoms with Crippen LogP contribution < -0.4 is 11.1 Å². The number of alkyl carbamates (subject to hydrolysis) is 1. The molecule has 0 aliphatic carbocycles. The number of benzene rings is 1. The minimum atomic E-state index is -0.909. The van der Waals surface area contributed by atoms with Crippen molar-refractivity contribution in [2.45, 2.75) is 6.04 Å². The molecule has 1 aromatic carbocycles. The van der Waals surface area contributed by atoms with Crippen molar-refractivity contribution in [2.75, 3.05) is 20.0 Å². The molecule has 0 aromatic heterocycles. The van der Waals surface area contributed by atoms with Crippen molar-refractivity contribution in [3.05, 3.63) is 29.8 Å². The predicted molar refractivity (Wildman–Crippen MR) is 61.2 cm³/mol. The van der Waals surface area contributed by atoms with Gasteiger partial charge in [-0.25, -0.2) is 9.59 Å². The van der Waals surface area contributed by atoms with E-state index in [4.69, 9.17) is 5.73 Å². The summed E-state index contributed by atoms with van der Waals surface area (Å²) in [5.41, 5.74) is 6.67. The van der Waals surface area contributed by atoms with E-state index in [1.165, 1.54) is 14.2 Å². The van der Waals surface area contributed by atoms with Gasteiger partial charge in [0.05, 0.1) is 14.2 Å². The second-order valence-corrected chi connectivity index (χ2v) is 3.26. The third-order valence-electron chi connectivity index (χ3n) is 2.15. The number of nitrogen functional groups attached to an aromatic ring is 1. The van der Waals surface area contributed by atoms with Crippen molar-refractivity contribution in [1.82, 2.24) is 5.32 Å². The second kappa shape index (κ2) is 5.74. The molecule has 0 fully saturated rings. The lowest BCUT2D eigenvalue weighted by Crippen LogP contribution is -2.34. The third kappa shape index (κ3) is 3.37. The fourth-order valence-corrected chi connectivity index (χ4v) is 1.26. The number of amides is 1. The van der Waals surface area contributed by atoms with Gasteiger partial charge in [0.15, 0.2) is 6.04 Å². The maximum absolute atomic E-state index is 11.5. The Morgan fingerprint density at radius 2 is 1.76 bits per heavy atom. The van der Waals surface area contributed by atoms with Crippen LogP contribution in [-0.4, -0.2) is 26.3 Å². The maximum Gasteiger partial charge on any atom is 0.407 e. The summed E-state index contributed by atoms with van der Waals surface area (Å²) in [6.07, 6.45) is -0.711. The van der Waals surface area contributed by atoms with Crippen LogP contribution in [0, 0.1) is 0 Å². The molecule has 1 unspecified atom stereocenters. The topological polar surface area (TPSA) is 90.6 Å². The van der Waals surface area contributed by atoms with E-state index in [9.17, 15) is 9.59 Å². The molecule has 0 saturated heterocycles. The lowest BCUT2D eigenvalue weighted by molar-refractivity contribution is -0.143. The molecule has 17 heavy (non-hydrogen) atoms. The summed E-state index contributed by atoms with van der Waals surface area (Å²) >= 11 is 0. The summed E-state index contributed by atoms with van der Waals surface area (Å²) < 4.78 is 9.04. The number of nitrogens with one attached hydrogen (secondary N) is 1. The van der Waals surface area contributed by atoms with Gasteiger partial charge in [0.1, 0.15) is 0 Å². The highest BCUT2D eigenvalue weighted by Gasteiger charge is 2.23. The summed E-state index contributed by atoms with van der Waals surface area (Å²) in [6.45, 7) is 0. The van der Waals surface area contributed by atoms with E-state index in [0.717, 1.165) is 0 Å². The smallest absolute Gasteiger partial charge is 0.407 e. The summed E-state index contributed by atoms with van der Waals surface area (Å²) in [7, 11) is 2.46. The van der Waals surface area contributed by atoms with Gasteiger partial charge < -0.3 is 20.5 Å². The standard InChI is InChI=1S/C11H14N2O4/c1-16-10(14)9(13-11(15)17-2)7-3-5-8(12)6-4-7/h3-6,9H,12H2,1-2H3,(H,13,15). The zero-order valence-electron chi connectivity index (χ0n) is 9.60. The molecule has 0 bridgehead atoms. The largest absolute Gasteiger partial charge is 0.467 e. The monoisotopic (exact) mass is 238 g/mol. The lowest BCUT2D eigenvalue weighted by atomic mass is 10.1. The van der Waals surface area contributed by atoms with Gasteiger partial charge in [-0.05, 0) is 17.7 Å². The fraction of sp³-hybridized carbons (Fsp3) is 0.273. The van der Waals surface area contributed by atoms with Crippen molar-refractivity contribution < 1.29 is 19.1 Å². The number of ether oxygens (including phenoxy) is 2. The van der Waals surface area contributed by atoms with Crippen LogP contribution in [-0.2, 0) is 14.3 Å². The number of carbonyl (C=O) groups is 2. The molecular formula is C11H14N2O4. The Labute approximate surface area is 98.7 Å². The van der Waals surface area contributed by atoms with E-state index in [1.807, 2.05) is 0 Å². The van der Waals surface area contributed by atoms with E-state index < -0.39 is 18.1 Å². The van der Waals surface area contributed by atoms with Gasteiger partial charge in [-0.1, -0.05) is 12.1 Å². The first kappa shape index (κ1) is 12.8. The quantitative estimate of drug-likeness (QED) is 0.601. The Morgan fingerprint density at radius 1 is 1.18 bits per heavy atom. The summed E-state index contributed by atoms with van der Waals surface area (Å²) in [5.74, 6) is -0.583. The summed E-state index contributed by atoms with van der Waals surface area (Å²) in [6, 6.07) is 5.61. The first-order valence-corrected chi connectivity index (χ1v) is 4.86. The highest BCUT2D eigenvalue weighted by molar-refractivity contribution is 5.82. The average molecular weight is 238 g/mol. The molecule has 1 atom stereocenters. The number of hydrogen-bond acceptors (Lipinski definition) is 5. The molecule has 0 aliphatic rings. The van der Waals surface area contributed by atoms with Gasteiger partial charge in [-0.3, -0.25) is 0 Å². The van der Waals surface area contributed by atoms with Gasteiger partial charge in [-0.15, -0.1) is 0 Å². The highest BCUT2D eigenvalue weighted by Crippen LogP contribution is 2.16. The molecule has 1 amide bonds. The number of nitrogens with two attached hydrogens (primary N) is 1. The number of rotatable bonds is 3. The van der Waals surface area contributed by atoms with Crippen LogP contribution in [0.3, 0.4) is 0 Å². The molecular weight excluding hydrogens is 224 g/mol. The SMILES string of the molecule is COC(=O)NC(C(=O)OC)c1ccc(N)cc1. The van der Waals surface area contributed by atoms with Crippen molar-refractivity contribution in [3.8, 4) is 0 Å².